The van der Waals surface area contributed by atoms with Crippen LogP contribution in [0.1, 0.15) is 101 Å². The van der Waals surface area contributed by atoms with Gasteiger partial charge < -0.3 is 15.1 Å². The molecule has 0 fully saturated rings. The first-order chi connectivity index (χ1) is 21.7. The summed E-state index contributed by atoms with van der Waals surface area (Å²) in [6, 6.07) is 11.8. The van der Waals surface area contributed by atoms with Gasteiger partial charge in [-0.3, -0.25) is 9.59 Å². The molecular formula is C38H45NO4S2. The van der Waals surface area contributed by atoms with Crippen molar-refractivity contribution in [3.05, 3.63) is 114 Å². The number of fused-ring (bicyclic) bond motifs is 2. The van der Waals surface area contributed by atoms with Gasteiger partial charge in [0, 0.05) is 51.5 Å². The van der Waals surface area contributed by atoms with Crippen LogP contribution >= 0.6 is 22.7 Å². The number of hydrogen-bond acceptors (Lipinski definition) is 6. The smallest absolute Gasteiger partial charge is 0.259 e. The first kappa shape index (κ1) is 34.5. The van der Waals surface area contributed by atoms with E-state index >= 15 is 0 Å². The molecule has 0 spiro atoms. The summed E-state index contributed by atoms with van der Waals surface area (Å²) in [4.78, 5) is 31.0. The lowest BCUT2D eigenvalue weighted by Crippen LogP contribution is -2.30. The van der Waals surface area contributed by atoms with Crippen molar-refractivity contribution in [2.75, 3.05) is 13.7 Å². The van der Waals surface area contributed by atoms with Gasteiger partial charge in [-0.2, -0.15) is 0 Å². The standard InChI is InChI=1S/C37H41NO3S2.CH4O/c1-24(16-17-25(2)27(4)19-32(40)34-21-29-14-8-9-15-33(29)43-34)22-38-18-10-11-26(3)36-35(37(38)41)30(23-42-36)31(39)20-28-12-6-5-7-13-28;1-2/h5-7,10,12-16,18,21,23,25-26,32,40H,4,8-9,11,17,19-20,22H2,1-3H3;2H,1H3/b18-10+,24-16-;/t25?,26?,32-;/m0./s1. The average molecular weight is 644 g/mol. The summed E-state index contributed by atoms with van der Waals surface area (Å²) in [5.41, 5.74) is 4.16. The second kappa shape index (κ2) is 16.3. The van der Waals surface area contributed by atoms with Gasteiger partial charge in [0.05, 0.1) is 11.7 Å². The first-order valence-corrected chi connectivity index (χ1v) is 17.3. The molecule has 2 unspecified atom stereocenters. The number of benzene rings is 1. The molecule has 1 amide bonds. The number of nitrogens with zero attached hydrogens (tertiary/aromatic N) is 1. The van der Waals surface area contributed by atoms with Crippen LogP contribution in [0.2, 0.25) is 0 Å². The van der Waals surface area contributed by atoms with Crippen LogP contribution in [0.5, 0.6) is 0 Å². The molecule has 3 aromatic rings. The summed E-state index contributed by atoms with van der Waals surface area (Å²) >= 11 is 3.21. The van der Waals surface area contributed by atoms with Gasteiger partial charge in [0.2, 0.25) is 0 Å². The molecule has 1 aliphatic heterocycles. The zero-order chi connectivity index (χ0) is 32.5. The maximum absolute atomic E-state index is 13.9. The summed E-state index contributed by atoms with van der Waals surface area (Å²) in [7, 11) is 1.00. The summed E-state index contributed by atoms with van der Waals surface area (Å²) in [5, 5.41) is 21.0. The fourth-order valence-electron chi connectivity index (χ4n) is 5.68. The zero-order valence-corrected chi connectivity index (χ0v) is 28.4. The third-order valence-corrected chi connectivity index (χ3v) is 10.9. The fraction of sp³-hybridized carbons (Fsp3) is 0.368. The predicted octanol–water partition coefficient (Wildman–Crippen LogP) is 7.31. The number of allylic oxidation sites excluding steroid dienone is 2. The molecule has 5 rings (SSSR count). The van der Waals surface area contributed by atoms with Crippen molar-refractivity contribution in [2.45, 2.75) is 71.3 Å². The molecule has 1 aliphatic carbocycles. The normalized spacial score (nSPS) is 18.1. The largest absolute Gasteiger partial charge is 0.400 e. The van der Waals surface area contributed by atoms with Gasteiger partial charge in [-0.1, -0.05) is 86.2 Å². The number of aliphatic hydroxyl groups is 2. The lowest BCUT2D eigenvalue weighted by Gasteiger charge is -2.24. The van der Waals surface area contributed by atoms with Gasteiger partial charge in [0.25, 0.3) is 5.91 Å². The number of aliphatic hydroxyl groups excluding tert-OH is 2. The highest BCUT2D eigenvalue weighted by Gasteiger charge is 2.29. The molecule has 7 heteroatoms. The van der Waals surface area contributed by atoms with Gasteiger partial charge in [-0.25, -0.2) is 0 Å². The number of hydrogen-bond donors (Lipinski definition) is 2. The Bertz CT molecular complexity index is 1640. The Morgan fingerprint density at radius 1 is 1.18 bits per heavy atom. The third-order valence-electron chi connectivity index (χ3n) is 8.42. The predicted molar refractivity (Wildman–Crippen MR) is 188 cm³/mol. The molecule has 5 nitrogen and oxygen atoms in total. The highest BCUT2D eigenvalue weighted by atomic mass is 32.1. The molecule has 3 heterocycles. The molecule has 2 aliphatic rings. The Morgan fingerprint density at radius 3 is 2.64 bits per heavy atom. The number of Topliss-reactive ketones (excluding diaryl/α,β-unsaturated/α-hetero) is 1. The van der Waals surface area contributed by atoms with E-state index < -0.39 is 6.10 Å². The highest BCUT2D eigenvalue weighted by molar-refractivity contribution is 7.11. The van der Waals surface area contributed by atoms with Gasteiger partial charge in [-0.05, 0) is 67.7 Å². The highest BCUT2D eigenvalue weighted by Crippen LogP contribution is 2.35. The average Bonchev–Trinajstić information content (AvgIpc) is 3.69. The van der Waals surface area contributed by atoms with E-state index in [1.165, 1.54) is 21.1 Å². The number of rotatable bonds is 11. The van der Waals surface area contributed by atoms with Crippen molar-refractivity contribution >= 4 is 46.5 Å². The van der Waals surface area contributed by atoms with Crippen LogP contribution in [-0.4, -0.2) is 40.5 Å². The van der Waals surface area contributed by atoms with E-state index in [2.05, 4.69) is 50.8 Å². The van der Waals surface area contributed by atoms with E-state index in [1.54, 1.807) is 16.2 Å². The third kappa shape index (κ3) is 8.67. The number of thiophene rings is 2. The molecule has 238 valence electrons. The number of amides is 1. The minimum absolute atomic E-state index is 0.0190. The maximum atomic E-state index is 13.9. The number of carbonyl (C=O) groups excluding carboxylic acids is 2. The quantitative estimate of drug-likeness (QED) is 0.170. The second-order valence-electron chi connectivity index (χ2n) is 11.9. The van der Waals surface area contributed by atoms with Crippen LogP contribution in [0.15, 0.2) is 77.9 Å². The van der Waals surface area contributed by atoms with Gasteiger partial charge in [0.15, 0.2) is 5.78 Å². The number of ketones is 1. The Labute approximate surface area is 275 Å². The molecule has 0 saturated heterocycles. The molecule has 1 aromatic carbocycles. The van der Waals surface area contributed by atoms with Crippen LogP contribution in [0.25, 0.3) is 12.2 Å². The van der Waals surface area contributed by atoms with Crippen molar-refractivity contribution in [3.63, 3.8) is 0 Å². The lowest BCUT2D eigenvalue weighted by molar-refractivity contribution is 0.0822. The van der Waals surface area contributed by atoms with Crippen molar-refractivity contribution < 1.29 is 19.8 Å². The van der Waals surface area contributed by atoms with Crippen molar-refractivity contribution in [2.24, 2.45) is 5.92 Å². The minimum atomic E-state index is -0.540. The van der Waals surface area contributed by atoms with E-state index in [0.717, 1.165) is 59.3 Å². The second-order valence-corrected chi connectivity index (χ2v) is 14.0. The Morgan fingerprint density at radius 2 is 1.91 bits per heavy atom. The molecule has 2 aromatic heterocycles. The van der Waals surface area contributed by atoms with E-state index in [1.807, 2.05) is 48.8 Å². The lowest BCUT2D eigenvalue weighted by atomic mass is 9.92. The van der Waals surface area contributed by atoms with Crippen LogP contribution in [-0.2, 0) is 6.42 Å². The van der Waals surface area contributed by atoms with Crippen LogP contribution in [0.4, 0.5) is 0 Å². The summed E-state index contributed by atoms with van der Waals surface area (Å²) < 4.78 is 1.27. The molecular weight excluding hydrogens is 599 g/mol. The molecule has 2 N–H and O–H groups in total. The summed E-state index contributed by atoms with van der Waals surface area (Å²) in [6.45, 7) is 11.1. The Balaban J connectivity index is 0.00000226. The van der Waals surface area contributed by atoms with Crippen LogP contribution < -0.4 is 9.75 Å². The van der Waals surface area contributed by atoms with Crippen LogP contribution in [0.3, 0.4) is 0 Å². The monoisotopic (exact) mass is 643 g/mol. The molecule has 0 radical (unpaired) electrons. The van der Waals surface area contributed by atoms with E-state index in [4.69, 9.17) is 5.11 Å². The number of carbonyl (C=O) groups is 2. The molecule has 0 saturated carbocycles. The molecule has 45 heavy (non-hydrogen) atoms. The maximum Gasteiger partial charge on any atom is 0.259 e. The van der Waals surface area contributed by atoms with Crippen molar-refractivity contribution in [1.82, 2.24) is 4.90 Å². The van der Waals surface area contributed by atoms with Crippen molar-refractivity contribution in [1.29, 1.82) is 0 Å². The molecule has 0 bridgehead atoms. The minimum Gasteiger partial charge on any atom is -0.400 e. The fourth-order valence-corrected chi connectivity index (χ4v) is 7.94. The van der Waals surface area contributed by atoms with Crippen molar-refractivity contribution in [3.8, 4) is 0 Å². The SMILES string of the molecule is C=C(C[C@H](O)c1cc2c(s1)=CCCC=2)C(C)C/C=C(/C)CN1/C=C/CC(C)c2scc(C(=O)Cc3ccccc3)c2C1=O.CO. The topological polar surface area (TPSA) is 77.8 Å². The summed E-state index contributed by atoms with van der Waals surface area (Å²) in [6.07, 6.45) is 14.6. The first-order valence-electron chi connectivity index (χ1n) is 15.6. The zero-order valence-electron chi connectivity index (χ0n) is 26.8. The van der Waals surface area contributed by atoms with Crippen LogP contribution in [0, 0.1) is 5.92 Å². The van der Waals surface area contributed by atoms with Gasteiger partial charge in [-0.15, -0.1) is 22.7 Å². The van der Waals surface area contributed by atoms with E-state index in [-0.39, 0.29) is 29.9 Å². The Hall–Kier alpha value is -3.36. The Kier molecular flexibility index (Phi) is 12.5. The van der Waals surface area contributed by atoms with E-state index in [9.17, 15) is 14.7 Å². The molecule has 3 atom stereocenters. The van der Waals surface area contributed by atoms with Gasteiger partial charge in [0.1, 0.15) is 0 Å². The van der Waals surface area contributed by atoms with Gasteiger partial charge >= 0.3 is 0 Å². The summed E-state index contributed by atoms with van der Waals surface area (Å²) in [5.74, 6) is 0.240. The van der Waals surface area contributed by atoms with E-state index in [0.29, 0.717) is 24.1 Å².